The summed E-state index contributed by atoms with van der Waals surface area (Å²) < 4.78 is 14.5. The minimum Gasteiger partial charge on any atom is -0.352 e. The van der Waals surface area contributed by atoms with Crippen molar-refractivity contribution in [2.24, 2.45) is 5.92 Å². The number of halogens is 2. The number of amides is 2. The third-order valence-electron chi connectivity index (χ3n) is 3.93. The fraction of sp³-hybridized carbons (Fsp3) is 0.333. The van der Waals surface area contributed by atoms with Crippen molar-refractivity contribution in [3.8, 4) is 0 Å². The molecule has 27 heavy (non-hydrogen) atoms. The molecule has 0 radical (unpaired) electrons. The summed E-state index contributed by atoms with van der Waals surface area (Å²) in [5, 5.41) is 5.69. The van der Waals surface area contributed by atoms with Gasteiger partial charge in [0.2, 0.25) is 11.8 Å². The first-order valence-electron chi connectivity index (χ1n) is 8.93. The Morgan fingerprint density at radius 3 is 2.59 bits per heavy atom. The lowest BCUT2D eigenvalue weighted by atomic mass is 10.1. The number of rotatable bonds is 8. The first-order valence-corrected chi connectivity index (χ1v) is 9.72. The molecule has 6 heteroatoms. The van der Waals surface area contributed by atoms with E-state index in [-0.39, 0.29) is 24.1 Å². The monoisotopic (exact) mass is 434 g/mol. The largest absolute Gasteiger partial charge is 0.352 e. The smallest absolute Gasteiger partial charge is 0.224 e. The van der Waals surface area contributed by atoms with Crippen molar-refractivity contribution in [3.63, 3.8) is 0 Å². The van der Waals surface area contributed by atoms with E-state index in [9.17, 15) is 14.0 Å². The molecule has 0 bridgehead atoms. The van der Waals surface area contributed by atoms with Gasteiger partial charge in [-0.05, 0) is 47.7 Å². The first-order chi connectivity index (χ1) is 12.8. The fourth-order valence-corrected chi connectivity index (χ4v) is 2.94. The zero-order valence-electron chi connectivity index (χ0n) is 15.5. The van der Waals surface area contributed by atoms with Gasteiger partial charge in [0, 0.05) is 29.5 Å². The molecule has 144 valence electrons. The van der Waals surface area contributed by atoms with Crippen molar-refractivity contribution in [3.05, 3.63) is 63.9 Å². The van der Waals surface area contributed by atoms with E-state index < -0.39 is 0 Å². The lowest BCUT2D eigenvalue weighted by molar-refractivity contribution is -0.121. The highest BCUT2D eigenvalue weighted by atomic mass is 79.9. The molecule has 0 saturated carbocycles. The summed E-state index contributed by atoms with van der Waals surface area (Å²) in [5.41, 5.74) is 2.12. The molecule has 0 spiro atoms. The van der Waals surface area contributed by atoms with Crippen LogP contribution in [0.5, 0.6) is 0 Å². The number of benzene rings is 2. The molecule has 2 amide bonds. The third-order valence-corrected chi connectivity index (χ3v) is 4.42. The maximum atomic E-state index is 13.8. The molecule has 2 rings (SSSR count). The Hall–Kier alpha value is -2.21. The van der Waals surface area contributed by atoms with E-state index in [0.29, 0.717) is 41.0 Å². The van der Waals surface area contributed by atoms with Crippen LogP contribution in [0.2, 0.25) is 0 Å². The van der Waals surface area contributed by atoms with E-state index in [0.717, 1.165) is 5.56 Å². The molecule has 0 aliphatic heterocycles. The lowest BCUT2D eigenvalue weighted by Crippen LogP contribution is -2.23. The standard InChI is InChI=1S/C21H24BrFN2O2/c1-14(2)10-21(27)25-18-5-3-4-15(11-18)13-24-20(26)9-7-16-6-8-17(22)12-19(16)23/h3-6,8,11-12,14H,7,9-10,13H2,1-2H3,(H,24,26)(H,25,27). The molecule has 2 aromatic carbocycles. The van der Waals surface area contributed by atoms with Gasteiger partial charge in [0.25, 0.3) is 0 Å². The molecule has 0 aliphatic carbocycles. The van der Waals surface area contributed by atoms with Gasteiger partial charge in [0.15, 0.2) is 0 Å². The summed E-state index contributed by atoms with van der Waals surface area (Å²) in [5.74, 6) is -0.195. The van der Waals surface area contributed by atoms with Crippen LogP contribution in [0.4, 0.5) is 10.1 Å². The zero-order valence-corrected chi connectivity index (χ0v) is 17.1. The molecule has 2 N–H and O–H groups in total. The molecular formula is C21H24BrFN2O2. The topological polar surface area (TPSA) is 58.2 Å². The van der Waals surface area contributed by atoms with Gasteiger partial charge in [-0.25, -0.2) is 4.39 Å². The van der Waals surface area contributed by atoms with Crippen LogP contribution < -0.4 is 10.6 Å². The number of anilines is 1. The van der Waals surface area contributed by atoms with E-state index in [1.54, 1.807) is 12.1 Å². The highest BCUT2D eigenvalue weighted by Crippen LogP contribution is 2.17. The summed E-state index contributed by atoms with van der Waals surface area (Å²) >= 11 is 3.21. The SMILES string of the molecule is CC(C)CC(=O)Nc1cccc(CNC(=O)CCc2ccc(Br)cc2F)c1. The molecule has 0 unspecified atom stereocenters. The van der Waals surface area contributed by atoms with Gasteiger partial charge in [-0.1, -0.05) is 48.0 Å². The molecule has 0 aliphatic rings. The molecule has 0 heterocycles. The summed E-state index contributed by atoms with van der Waals surface area (Å²) in [7, 11) is 0. The molecule has 0 saturated heterocycles. The van der Waals surface area contributed by atoms with Crippen molar-refractivity contribution in [2.75, 3.05) is 5.32 Å². The van der Waals surface area contributed by atoms with Crippen LogP contribution in [-0.4, -0.2) is 11.8 Å². The lowest BCUT2D eigenvalue weighted by Gasteiger charge is -2.10. The highest BCUT2D eigenvalue weighted by Gasteiger charge is 2.08. The number of carbonyl (C=O) groups excluding carboxylic acids is 2. The van der Waals surface area contributed by atoms with E-state index in [2.05, 4.69) is 26.6 Å². The Kier molecular flexibility index (Phi) is 7.98. The van der Waals surface area contributed by atoms with Crippen molar-refractivity contribution < 1.29 is 14.0 Å². The van der Waals surface area contributed by atoms with E-state index in [1.807, 2.05) is 38.1 Å². The van der Waals surface area contributed by atoms with Crippen LogP contribution in [0, 0.1) is 11.7 Å². The minimum absolute atomic E-state index is 0.0253. The quantitative estimate of drug-likeness (QED) is 0.625. The van der Waals surface area contributed by atoms with Crippen LogP contribution in [0.1, 0.15) is 37.8 Å². The molecule has 0 fully saturated rings. The van der Waals surface area contributed by atoms with Gasteiger partial charge < -0.3 is 10.6 Å². The Morgan fingerprint density at radius 2 is 1.89 bits per heavy atom. The molecule has 4 nitrogen and oxygen atoms in total. The number of hydrogen-bond acceptors (Lipinski definition) is 2. The van der Waals surface area contributed by atoms with Crippen LogP contribution in [0.3, 0.4) is 0 Å². The highest BCUT2D eigenvalue weighted by molar-refractivity contribution is 9.10. The van der Waals surface area contributed by atoms with Crippen LogP contribution in [0.25, 0.3) is 0 Å². The van der Waals surface area contributed by atoms with Gasteiger partial charge in [0.1, 0.15) is 5.82 Å². The van der Waals surface area contributed by atoms with Crippen molar-refractivity contribution in [1.29, 1.82) is 0 Å². The van der Waals surface area contributed by atoms with Gasteiger partial charge in [0.05, 0.1) is 0 Å². The second kappa shape index (κ2) is 10.2. The second-order valence-electron chi connectivity index (χ2n) is 6.86. The molecular weight excluding hydrogens is 411 g/mol. The summed E-state index contributed by atoms with van der Waals surface area (Å²) in [6.07, 6.45) is 1.02. The maximum absolute atomic E-state index is 13.8. The maximum Gasteiger partial charge on any atom is 0.224 e. The van der Waals surface area contributed by atoms with Crippen LogP contribution >= 0.6 is 15.9 Å². The third kappa shape index (κ3) is 7.51. The Balaban J connectivity index is 1.82. The molecule has 0 aromatic heterocycles. The fourth-order valence-electron chi connectivity index (χ4n) is 2.60. The normalized spacial score (nSPS) is 10.7. The Labute approximate surface area is 167 Å². The van der Waals surface area contributed by atoms with Crippen molar-refractivity contribution >= 4 is 33.4 Å². The predicted octanol–water partition coefficient (Wildman–Crippen LogP) is 4.82. The number of hydrogen-bond donors (Lipinski definition) is 2. The Morgan fingerprint density at radius 1 is 1.11 bits per heavy atom. The number of nitrogens with one attached hydrogen (secondary N) is 2. The average Bonchev–Trinajstić information content (AvgIpc) is 2.58. The molecule has 0 atom stereocenters. The summed E-state index contributed by atoms with van der Waals surface area (Å²) in [4.78, 5) is 23.9. The van der Waals surface area contributed by atoms with E-state index >= 15 is 0 Å². The predicted molar refractivity (Wildman–Crippen MR) is 109 cm³/mol. The minimum atomic E-state index is -0.318. The number of aryl methyl sites for hydroxylation is 1. The first kappa shape index (κ1) is 21.1. The molecule has 2 aromatic rings. The van der Waals surface area contributed by atoms with Crippen molar-refractivity contribution in [2.45, 2.75) is 39.7 Å². The summed E-state index contributed by atoms with van der Waals surface area (Å²) in [6.45, 7) is 4.34. The van der Waals surface area contributed by atoms with Crippen LogP contribution in [0.15, 0.2) is 46.9 Å². The summed E-state index contributed by atoms with van der Waals surface area (Å²) in [6, 6.07) is 12.2. The average molecular weight is 435 g/mol. The van der Waals surface area contributed by atoms with Crippen LogP contribution in [-0.2, 0) is 22.6 Å². The van der Waals surface area contributed by atoms with Gasteiger partial charge in [-0.15, -0.1) is 0 Å². The zero-order chi connectivity index (χ0) is 19.8. The van der Waals surface area contributed by atoms with Crippen molar-refractivity contribution in [1.82, 2.24) is 5.32 Å². The van der Waals surface area contributed by atoms with E-state index in [1.165, 1.54) is 6.07 Å². The van der Waals surface area contributed by atoms with Gasteiger partial charge in [-0.3, -0.25) is 9.59 Å². The van der Waals surface area contributed by atoms with Gasteiger partial charge >= 0.3 is 0 Å². The van der Waals surface area contributed by atoms with Gasteiger partial charge in [-0.2, -0.15) is 0 Å². The Bertz CT molecular complexity index is 809. The van der Waals surface area contributed by atoms with E-state index in [4.69, 9.17) is 0 Å². The second-order valence-corrected chi connectivity index (χ2v) is 7.77. The number of carbonyl (C=O) groups is 2.